The van der Waals surface area contributed by atoms with E-state index in [1.54, 1.807) is 0 Å². The summed E-state index contributed by atoms with van der Waals surface area (Å²) in [6.07, 6.45) is -10.4. The molecule has 0 fully saturated rings. The quantitative estimate of drug-likeness (QED) is 0.414. The molecule has 0 N–H and O–H groups in total. The highest BCUT2D eigenvalue weighted by Gasteiger charge is 2.41. The van der Waals surface area contributed by atoms with E-state index in [9.17, 15) is 31.1 Å². The van der Waals surface area contributed by atoms with Crippen LogP contribution in [-0.2, 0) is 12.4 Å². The maximum atomic E-state index is 12.5. The van der Waals surface area contributed by atoms with Crippen molar-refractivity contribution in [3.05, 3.63) is 32.4 Å². The van der Waals surface area contributed by atoms with E-state index >= 15 is 0 Å². The molecule has 1 aromatic carbocycles. The molecule has 1 aromatic rings. The maximum absolute atomic E-state index is 12.5. The molecule has 17 heavy (non-hydrogen) atoms. The molecule has 0 aliphatic rings. The van der Waals surface area contributed by atoms with Gasteiger partial charge in [0.25, 0.3) is 0 Å². The molecule has 0 spiro atoms. The predicted octanol–water partition coefficient (Wildman–Crippen LogP) is 4.14. The van der Waals surface area contributed by atoms with Crippen LogP contribution in [0.2, 0.25) is 0 Å². The van der Waals surface area contributed by atoms with Crippen LogP contribution in [0.25, 0.3) is 0 Å². The fraction of sp³-hybridized carbons (Fsp3) is 0.222. The molecule has 94 valence electrons. The summed E-state index contributed by atoms with van der Waals surface area (Å²) in [4.78, 5) is 10.5. The number of carbonyl (C=O) groups excluding carboxylic acids is 1. The van der Waals surface area contributed by atoms with E-state index in [0.717, 1.165) is 0 Å². The summed E-state index contributed by atoms with van der Waals surface area (Å²) in [6.45, 7) is 0. The van der Waals surface area contributed by atoms with Crippen molar-refractivity contribution >= 4 is 28.9 Å². The summed E-state index contributed by atoms with van der Waals surface area (Å²) >= 11 is 1.33. The molecule has 0 bridgehead atoms. The number of alkyl halides is 6. The topological polar surface area (TPSA) is 17.1 Å². The standard InChI is InChI=1S/C9H3F6IO/c10-8(11,12)6-1-4(16)2-7(5(6)3-17)9(13,14)15/h1-3H. The SMILES string of the molecule is O=Cc1c(C(F)(F)F)cc(I)cc1C(F)(F)F. The molecule has 0 unspecified atom stereocenters. The molecule has 0 saturated heterocycles. The number of rotatable bonds is 1. The minimum absolute atomic E-state index is 0.243. The Kier molecular flexibility index (Phi) is 3.75. The lowest BCUT2D eigenvalue weighted by molar-refractivity contribution is -0.143. The zero-order valence-corrected chi connectivity index (χ0v) is 9.94. The van der Waals surface area contributed by atoms with Gasteiger partial charge >= 0.3 is 12.4 Å². The minimum atomic E-state index is -5.00. The fourth-order valence-corrected chi connectivity index (χ4v) is 1.84. The molecule has 1 rings (SSSR count). The Labute approximate surface area is 105 Å². The lowest BCUT2D eigenvalue weighted by atomic mass is 10.0. The van der Waals surface area contributed by atoms with Gasteiger partial charge in [0, 0.05) is 9.13 Å². The van der Waals surface area contributed by atoms with Crippen LogP contribution in [0.4, 0.5) is 26.3 Å². The van der Waals surface area contributed by atoms with E-state index in [0.29, 0.717) is 12.1 Å². The number of aldehydes is 1. The molecule has 1 nitrogen and oxygen atoms in total. The molecule has 8 heteroatoms. The van der Waals surface area contributed by atoms with Crippen molar-refractivity contribution in [1.82, 2.24) is 0 Å². The van der Waals surface area contributed by atoms with Gasteiger partial charge in [-0.25, -0.2) is 0 Å². The second-order valence-corrected chi connectivity index (χ2v) is 4.27. The van der Waals surface area contributed by atoms with Crippen LogP contribution in [-0.4, -0.2) is 6.29 Å². The van der Waals surface area contributed by atoms with Gasteiger partial charge in [-0.2, -0.15) is 26.3 Å². The van der Waals surface area contributed by atoms with Gasteiger partial charge in [0.15, 0.2) is 6.29 Å². The van der Waals surface area contributed by atoms with Gasteiger partial charge in [0.2, 0.25) is 0 Å². The highest BCUT2D eigenvalue weighted by Crippen LogP contribution is 2.39. The van der Waals surface area contributed by atoms with Gasteiger partial charge in [0.1, 0.15) is 0 Å². The third kappa shape index (κ3) is 3.11. The Balaban J connectivity index is 3.64. The van der Waals surface area contributed by atoms with Crippen molar-refractivity contribution in [2.75, 3.05) is 0 Å². The molecule has 0 aromatic heterocycles. The third-order valence-corrected chi connectivity index (χ3v) is 2.50. The number of carbonyl (C=O) groups is 1. The number of hydrogen-bond acceptors (Lipinski definition) is 1. The summed E-state index contributed by atoms with van der Waals surface area (Å²) in [7, 11) is 0. The molecule has 0 atom stereocenters. The van der Waals surface area contributed by atoms with Crippen molar-refractivity contribution in [2.24, 2.45) is 0 Å². The average molecular weight is 368 g/mol. The van der Waals surface area contributed by atoms with E-state index in [1.165, 1.54) is 22.6 Å². The summed E-state index contributed by atoms with van der Waals surface area (Å²) in [5, 5.41) is 0. The second kappa shape index (κ2) is 4.46. The summed E-state index contributed by atoms with van der Waals surface area (Å²) in [5.74, 6) is 0. The molecule has 0 aliphatic carbocycles. The smallest absolute Gasteiger partial charge is 0.298 e. The fourth-order valence-electron chi connectivity index (χ4n) is 1.21. The third-order valence-electron chi connectivity index (χ3n) is 1.87. The van der Waals surface area contributed by atoms with Gasteiger partial charge in [-0.1, -0.05) is 0 Å². The average Bonchev–Trinajstić information content (AvgIpc) is 2.13. The lowest BCUT2D eigenvalue weighted by Crippen LogP contribution is -2.16. The number of benzene rings is 1. The van der Waals surface area contributed by atoms with Crippen LogP contribution in [0.5, 0.6) is 0 Å². The molecule has 0 aliphatic heterocycles. The zero-order chi connectivity index (χ0) is 13.4. The van der Waals surface area contributed by atoms with Gasteiger partial charge in [0.05, 0.1) is 11.1 Å². The molecule has 0 heterocycles. The lowest BCUT2D eigenvalue weighted by Gasteiger charge is -2.15. The van der Waals surface area contributed by atoms with Gasteiger partial charge in [-0.3, -0.25) is 4.79 Å². The minimum Gasteiger partial charge on any atom is -0.298 e. The van der Waals surface area contributed by atoms with Gasteiger partial charge in [-0.05, 0) is 34.7 Å². The first-order valence-electron chi connectivity index (χ1n) is 4.00. The van der Waals surface area contributed by atoms with Gasteiger partial charge < -0.3 is 0 Å². The van der Waals surface area contributed by atoms with Crippen molar-refractivity contribution in [3.63, 3.8) is 0 Å². The highest BCUT2D eigenvalue weighted by molar-refractivity contribution is 14.1. The van der Waals surface area contributed by atoms with E-state index in [-0.39, 0.29) is 3.57 Å². The summed E-state index contributed by atoms with van der Waals surface area (Å²) in [5.41, 5.74) is -4.54. The van der Waals surface area contributed by atoms with Crippen LogP contribution < -0.4 is 0 Å². The van der Waals surface area contributed by atoms with Crippen molar-refractivity contribution in [2.45, 2.75) is 12.4 Å². The maximum Gasteiger partial charge on any atom is 0.417 e. The number of hydrogen-bond donors (Lipinski definition) is 0. The van der Waals surface area contributed by atoms with E-state index in [4.69, 9.17) is 0 Å². The van der Waals surface area contributed by atoms with Crippen molar-refractivity contribution < 1.29 is 31.1 Å². The van der Waals surface area contributed by atoms with Crippen molar-refractivity contribution in [1.29, 1.82) is 0 Å². The van der Waals surface area contributed by atoms with Gasteiger partial charge in [-0.15, -0.1) is 0 Å². The predicted molar refractivity (Wildman–Crippen MR) is 54.6 cm³/mol. The Morgan fingerprint density at radius 3 is 1.53 bits per heavy atom. The van der Waals surface area contributed by atoms with E-state index in [2.05, 4.69) is 0 Å². The van der Waals surface area contributed by atoms with Crippen molar-refractivity contribution in [3.8, 4) is 0 Å². The van der Waals surface area contributed by atoms with E-state index in [1.807, 2.05) is 0 Å². The first-order chi connectivity index (χ1) is 7.57. The molecular weight excluding hydrogens is 365 g/mol. The van der Waals surface area contributed by atoms with E-state index < -0.39 is 35.3 Å². The molecular formula is C9H3F6IO. The van der Waals surface area contributed by atoms with Crippen LogP contribution in [0.15, 0.2) is 12.1 Å². The Morgan fingerprint density at radius 1 is 0.941 bits per heavy atom. The van der Waals surface area contributed by atoms with Crippen LogP contribution in [0.3, 0.4) is 0 Å². The molecule has 0 saturated carbocycles. The second-order valence-electron chi connectivity index (χ2n) is 3.03. The Bertz CT molecular complexity index is 413. The van der Waals surface area contributed by atoms with Crippen LogP contribution in [0, 0.1) is 3.57 Å². The Morgan fingerprint density at radius 2 is 1.29 bits per heavy atom. The highest BCUT2D eigenvalue weighted by atomic mass is 127. The Hall–Kier alpha value is -0.800. The molecule has 0 amide bonds. The zero-order valence-electron chi connectivity index (χ0n) is 7.79. The largest absolute Gasteiger partial charge is 0.417 e. The summed E-state index contributed by atoms with van der Waals surface area (Å²) in [6, 6.07) is 0.999. The van der Waals surface area contributed by atoms with Crippen LogP contribution in [0.1, 0.15) is 21.5 Å². The first-order valence-corrected chi connectivity index (χ1v) is 5.08. The first kappa shape index (κ1) is 14.3. The normalized spacial score (nSPS) is 12.6. The monoisotopic (exact) mass is 368 g/mol. The summed E-state index contributed by atoms with van der Waals surface area (Å²) < 4.78 is 74.5. The number of halogens is 7. The van der Waals surface area contributed by atoms with Crippen LogP contribution >= 0.6 is 22.6 Å². The molecule has 0 radical (unpaired) electrons.